The smallest absolute Gasteiger partial charge is 0.409 e. The largest absolute Gasteiger partial charge is 0.457 e. The number of tetrazole rings is 1. The number of sulfone groups is 1. The Morgan fingerprint density at radius 3 is 2.62 bits per heavy atom. The van der Waals surface area contributed by atoms with Crippen molar-refractivity contribution in [2.45, 2.75) is 24.3 Å². The molecule has 1 unspecified atom stereocenters. The van der Waals surface area contributed by atoms with Gasteiger partial charge in [-0.25, -0.2) is 13.2 Å². The van der Waals surface area contributed by atoms with Crippen LogP contribution in [0.5, 0.6) is 0 Å². The Morgan fingerprint density at radius 2 is 1.97 bits per heavy atom. The summed E-state index contributed by atoms with van der Waals surface area (Å²) in [5.74, 6) is -0.604. The molecule has 1 aromatic carbocycles. The minimum atomic E-state index is -3.31. The summed E-state index contributed by atoms with van der Waals surface area (Å²) >= 11 is 0. The minimum Gasteiger partial charge on any atom is -0.457 e. The standard InChI is InChI=1S/C17H21N5O6S/c1-27-17(24)21-9-3-4-12(10-21)16(23)28-11-15-18-19-20-22(15)13-5-7-14(8-6-13)29(2,25)26/h5-8,12H,3-4,9-11H2,1-2H3. The van der Waals surface area contributed by atoms with Gasteiger partial charge in [0.2, 0.25) is 0 Å². The first-order valence-electron chi connectivity index (χ1n) is 8.87. The molecule has 0 radical (unpaired) electrons. The van der Waals surface area contributed by atoms with Crippen LogP contribution < -0.4 is 0 Å². The molecule has 1 amide bonds. The van der Waals surface area contributed by atoms with E-state index in [0.717, 1.165) is 6.26 Å². The molecule has 0 aliphatic carbocycles. The van der Waals surface area contributed by atoms with Gasteiger partial charge in [-0.05, 0) is 47.5 Å². The van der Waals surface area contributed by atoms with E-state index in [0.29, 0.717) is 25.1 Å². The highest BCUT2D eigenvalue weighted by atomic mass is 32.2. The first kappa shape index (κ1) is 20.7. The van der Waals surface area contributed by atoms with E-state index < -0.39 is 27.8 Å². The molecule has 156 valence electrons. The molecular weight excluding hydrogens is 402 g/mol. The topological polar surface area (TPSA) is 134 Å². The average molecular weight is 423 g/mol. The van der Waals surface area contributed by atoms with Crippen molar-refractivity contribution in [2.24, 2.45) is 5.92 Å². The summed E-state index contributed by atoms with van der Waals surface area (Å²) in [4.78, 5) is 25.7. The molecule has 29 heavy (non-hydrogen) atoms. The van der Waals surface area contributed by atoms with Crippen LogP contribution in [0.2, 0.25) is 0 Å². The SMILES string of the molecule is COC(=O)N1CCCC(C(=O)OCc2nnnn2-c2ccc(S(C)(=O)=O)cc2)C1. The maximum atomic E-state index is 12.4. The van der Waals surface area contributed by atoms with E-state index >= 15 is 0 Å². The number of piperidine rings is 1. The Kier molecular flexibility index (Phi) is 6.11. The zero-order valence-electron chi connectivity index (χ0n) is 16.0. The molecule has 0 saturated carbocycles. The second-order valence-electron chi connectivity index (χ2n) is 6.64. The van der Waals surface area contributed by atoms with Crippen molar-refractivity contribution in [3.05, 3.63) is 30.1 Å². The summed E-state index contributed by atoms with van der Waals surface area (Å²) in [5.41, 5.74) is 0.531. The second kappa shape index (κ2) is 8.55. The highest BCUT2D eigenvalue weighted by Crippen LogP contribution is 2.19. The van der Waals surface area contributed by atoms with E-state index in [4.69, 9.17) is 9.47 Å². The van der Waals surface area contributed by atoms with Gasteiger partial charge in [0, 0.05) is 19.3 Å². The Bertz CT molecular complexity index is 988. The van der Waals surface area contributed by atoms with E-state index in [9.17, 15) is 18.0 Å². The molecule has 12 heteroatoms. The number of benzene rings is 1. The molecule has 1 atom stereocenters. The van der Waals surface area contributed by atoms with Crippen LogP contribution in [0.15, 0.2) is 29.2 Å². The van der Waals surface area contributed by atoms with Crippen LogP contribution in [-0.4, -0.2) is 72.0 Å². The van der Waals surface area contributed by atoms with Crippen LogP contribution in [0.1, 0.15) is 18.7 Å². The predicted octanol–water partition coefficient (Wildman–Crippen LogP) is 0.587. The number of amides is 1. The molecule has 0 bridgehead atoms. The number of carbonyl (C=O) groups excluding carboxylic acids is 2. The molecule has 1 aliphatic rings. The van der Waals surface area contributed by atoms with Gasteiger partial charge in [-0.15, -0.1) is 5.10 Å². The van der Waals surface area contributed by atoms with Gasteiger partial charge in [-0.2, -0.15) is 4.68 Å². The van der Waals surface area contributed by atoms with Crippen molar-refractivity contribution in [3.63, 3.8) is 0 Å². The van der Waals surface area contributed by atoms with Crippen LogP contribution in [0, 0.1) is 5.92 Å². The first-order valence-corrected chi connectivity index (χ1v) is 10.8. The molecule has 0 N–H and O–H groups in total. The first-order chi connectivity index (χ1) is 13.8. The lowest BCUT2D eigenvalue weighted by Gasteiger charge is -2.30. The van der Waals surface area contributed by atoms with E-state index in [2.05, 4.69) is 15.5 Å². The van der Waals surface area contributed by atoms with Crippen LogP contribution in [-0.2, 0) is 30.7 Å². The monoisotopic (exact) mass is 423 g/mol. The Morgan fingerprint density at radius 1 is 1.24 bits per heavy atom. The summed E-state index contributed by atoms with van der Waals surface area (Å²) in [7, 11) is -2.01. The lowest BCUT2D eigenvalue weighted by atomic mass is 9.99. The number of carbonyl (C=O) groups is 2. The highest BCUT2D eigenvalue weighted by molar-refractivity contribution is 7.90. The van der Waals surface area contributed by atoms with E-state index in [-0.39, 0.29) is 23.9 Å². The van der Waals surface area contributed by atoms with Crippen molar-refractivity contribution in [1.82, 2.24) is 25.1 Å². The summed E-state index contributed by atoms with van der Waals surface area (Å²) in [5, 5.41) is 11.3. The number of hydrogen-bond donors (Lipinski definition) is 0. The molecule has 1 aromatic heterocycles. The Hall–Kier alpha value is -3.02. The molecule has 3 rings (SSSR count). The van der Waals surface area contributed by atoms with E-state index in [1.165, 1.54) is 28.8 Å². The molecule has 1 aliphatic heterocycles. The van der Waals surface area contributed by atoms with Crippen molar-refractivity contribution in [3.8, 4) is 5.69 Å². The summed E-state index contributed by atoms with van der Waals surface area (Å²) in [6, 6.07) is 6.03. The highest BCUT2D eigenvalue weighted by Gasteiger charge is 2.30. The van der Waals surface area contributed by atoms with Gasteiger partial charge in [0.15, 0.2) is 22.3 Å². The number of esters is 1. The normalized spacial score (nSPS) is 17.0. The fraction of sp³-hybridized carbons (Fsp3) is 0.471. The van der Waals surface area contributed by atoms with Gasteiger partial charge in [0.05, 0.1) is 23.6 Å². The maximum absolute atomic E-state index is 12.4. The number of aromatic nitrogens is 4. The number of rotatable bonds is 5. The van der Waals surface area contributed by atoms with Gasteiger partial charge >= 0.3 is 12.1 Å². The lowest BCUT2D eigenvalue weighted by Crippen LogP contribution is -2.42. The number of ether oxygens (including phenoxy) is 2. The summed E-state index contributed by atoms with van der Waals surface area (Å²) in [6.45, 7) is 0.621. The summed E-state index contributed by atoms with van der Waals surface area (Å²) in [6.07, 6.45) is 1.95. The van der Waals surface area contributed by atoms with Crippen LogP contribution in [0.25, 0.3) is 5.69 Å². The second-order valence-corrected chi connectivity index (χ2v) is 8.65. The predicted molar refractivity (Wildman–Crippen MR) is 98.8 cm³/mol. The fourth-order valence-electron chi connectivity index (χ4n) is 3.05. The van der Waals surface area contributed by atoms with Crippen LogP contribution in [0.4, 0.5) is 4.79 Å². The third kappa shape index (κ3) is 4.88. The number of nitrogens with zero attached hydrogens (tertiary/aromatic N) is 5. The van der Waals surface area contributed by atoms with Crippen LogP contribution in [0.3, 0.4) is 0 Å². The zero-order valence-corrected chi connectivity index (χ0v) is 16.8. The number of methoxy groups -OCH3 is 1. The van der Waals surface area contributed by atoms with Crippen molar-refractivity contribution in [1.29, 1.82) is 0 Å². The van der Waals surface area contributed by atoms with Gasteiger partial charge in [0.25, 0.3) is 0 Å². The van der Waals surface area contributed by atoms with Crippen molar-refractivity contribution in [2.75, 3.05) is 26.5 Å². The van der Waals surface area contributed by atoms with E-state index in [1.54, 1.807) is 12.1 Å². The molecule has 1 fully saturated rings. The fourth-order valence-corrected chi connectivity index (χ4v) is 3.68. The van der Waals surface area contributed by atoms with Crippen molar-refractivity contribution >= 4 is 21.9 Å². The third-order valence-electron chi connectivity index (χ3n) is 4.57. The molecule has 11 nitrogen and oxygen atoms in total. The van der Waals surface area contributed by atoms with Crippen molar-refractivity contribution < 1.29 is 27.5 Å². The molecule has 0 spiro atoms. The third-order valence-corrected chi connectivity index (χ3v) is 5.70. The lowest BCUT2D eigenvalue weighted by molar-refractivity contribution is -0.151. The molecule has 2 aromatic rings. The van der Waals surface area contributed by atoms with Gasteiger partial charge in [-0.1, -0.05) is 0 Å². The summed E-state index contributed by atoms with van der Waals surface area (Å²) < 4.78 is 34.6. The maximum Gasteiger partial charge on any atom is 0.409 e. The number of likely N-dealkylation sites (tertiary alicyclic amines) is 1. The van der Waals surface area contributed by atoms with Crippen LogP contribution >= 0.6 is 0 Å². The zero-order chi connectivity index (χ0) is 21.0. The molecular formula is C17H21N5O6S. The molecule has 1 saturated heterocycles. The number of hydrogen-bond acceptors (Lipinski definition) is 9. The minimum absolute atomic E-state index is 0.158. The van der Waals surface area contributed by atoms with Gasteiger partial charge in [0.1, 0.15) is 0 Å². The van der Waals surface area contributed by atoms with Gasteiger partial charge < -0.3 is 14.4 Å². The quantitative estimate of drug-likeness (QED) is 0.633. The Labute approximate surface area is 167 Å². The Balaban J connectivity index is 1.64. The van der Waals surface area contributed by atoms with Gasteiger partial charge in [-0.3, -0.25) is 4.79 Å². The van der Waals surface area contributed by atoms with E-state index in [1.807, 2.05) is 0 Å². The molecule has 2 heterocycles. The average Bonchev–Trinajstić information content (AvgIpc) is 3.19.